The Labute approximate surface area is 123 Å². The van der Waals surface area contributed by atoms with E-state index < -0.39 is 11.6 Å². The standard InChI is InChI=1S/C13H11F2N5S/c1-2-16-13-18-11-8(6-17-20-11)12(19-13)21-10-5-7(14)3-4-9(10)15/h3-6H,2H2,1H3,(H2,16,17,18,19,20). The van der Waals surface area contributed by atoms with E-state index in [0.29, 0.717) is 28.6 Å². The van der Waals surface area contributed by atoms with Gasteiger partial charge in [-0.1, -0.05) is 11.8 Å². The predicted octanol–water partition coefficient (Wildman–Crippen LogP) is 3.21. The number of aromatic nitrogens is 4. The number of hydrogen-bond donors (Lipinski definition) is 2. The zero-order valence-corrected chi connectivity index (χ0v) is 11.8. The van der Waals surface area contributed by atoms with Gasteiger partial charge in [0.2, 0.25) is 5.95 Å². The number of nitrogens with one attached hydrogen (secondary N) is 2. The van der Waals surface area contributed by atoms with Gasteiger partial charge >= 0.3 is 0 Å². The fourth-order valence-electron chi connectivity index (χ4n) is 1.78. The number of H-pyrrole nitrogens is 1. The van der Waals surface area contributed by atoms with Crippen LogP contribution in [0.2, 0.25) is 0 Å². The average molecular weight is 307 g/mol. The molecule has 2 aromatic heterocycles. The number of hydrogen-bond acceptors (Lipinski definition) is 5. The molecule has 2 N–H and O–H groups in total. The van der Waals surface area contributed by atoms with Crippen LogP contribution in [0.1, 0.15) is 6.92 Å². The molecule has 21 heavy (non-hydrogen) atoms. The van der Waals surface area contributed by atoms with Crippen LogP contribution in [0.25, 0.3) is 11.0 Å². The molecule has 0 atom stereocenters. The number of aromatic amines is 1. The van der Waals surface area contributed by atoms with Crippen LogP contribution in [-0.2, 0) is 0 Å². The van der Waals surface area contributed by atoms with E-state index in [9.17, 15) is 8.78 Å². The van der Waals surface area contributed by atoms with Crippen LogP contribution in [0.4, 0.5) is 14.7 Å². The summed E-state index contributed by atoms with van der Waals surface area (Å²) in [4.78, 5) is 8.73. The zero-order chi connectivity index (χ0) is 14.8. The molecule has 0 radical (unpaired) electrons. The van der Waals surface area contributed by atoms with Gasteiger partial charge in [-0.2, -0.15) is 10.1 Å². The summed E-state index contributed by atoms with van der Waals surface area (Å²) >= 11 is 1.04. The maximum absolute atomic E-state index is 13.8. The third-order valence-electron chi connectivity index (χ3n) is 2.71. The lowest BCUT2D eigenvalue weighted by molar-refractivity contribution is 0.577. The molecule has 3 aromatic rings. The Balaban J connectivity index is 2.06. The highest BCUT2D eigenvalue weighted by Crippen LogP contribution is 2.33. The van der Waals surface area contributed by atoms with E-state index in [1.807, 2.05) is 6.92 Å². The largest absolute Gasteiger partial charge is 0.354 e. The van der Waals surface area contributed by atoms with E-state index in [1.54, 1.807) is 6.20 Å². The van der Waals surface area contributed by atoms with Gasteiger partial charge in [-0.3, -0.25) is 5.10 Å². The molecule has 2 heterocycles. The highest BCUT2D eigenvalue weighted by atomic mass is 32.2. The Hall–Kier alpha value is -2.22. The first kappa shape index (κ1) is 13.7. The highest BCUT2D eigenvalue weighted by Gasteiger charge is 2.13. The van der Waals surface area contributed by atoms with E-state index >= 15 is 0 Å². The van der Waals surface area contributed by atoms with Crippen LogP contribution >= 0.6 is 11.8 Å². The van der Waals surface area contributed by atoms with Gasteiger partial charge in [-0.15, -0.1) is 0 Å². The summed E-state index contributed by atoms with van der Waals surface area (Å²) < 4.78 is 27.0. The monoisotopic (exact) mass is 307 g/mol. The average Bonchev–Trinajstić information content (AvgIpc) is 2.92. The molecule has 0 aliphatic rings. The van der Waals surface area contributed by atoms with Gasteiger partial charge in [0.25, 0.3) is 0 Å². The van der Waals surface area contributed by atoms with E-state index in [-0.39, 0.29) is 4.90 Å². The number of anilines is 1. The molecule has 3 rings (SSSR count). The van der Waals surface area contributed by atoms with Crippen molar-refractivity contribution in [2.75, 3.05) is 11.9 Å². The quantitative estimate of drug-likeness (QED) is 0.725. The van der Waals surface area contributed by atoms with Crippen LogP contribution in [0.3, 0.4) is 0 Å². The van der Waals surface area contributed by atoms with Crippen molar-refractivity contribution in [3.8, 4) is 0 Å². The highest BCUT2D eigenvalue weighted by molar-refractivity contribution is 7.99. The molecular formula is C13H11F2N5S. The maximum atomic E-state index is 13.8. The second-order valence-electron chi connectivity index (χ2n) is 4.19. The Bertz CT molecular complexity index is 789. The van der Waals surface area contributed by atoms with Crippen molar-refractivity contribution in [3.05, 3.63) is 36.0 Å². The fraction of sp³-hybridized carbons (Fsp3) is 0.154. The molecule has 0 aliphatic carbocycles. The van der Waals surface area contributed by atoms with Gasteiger partial charge in [0, 0.05) is 6.54 Å². The second-order valence-corrected chi connectivity index (χ2v) is 5.22. The van der Waals surface area contributed by atoms with E-state index in [4.69, 9.17) is 0 Å². The summed E-state index contributed by atoms with van der Waals surface area (Å²) in [5.41, 5.74) is 0.542. The van der Waals surface area contributed by atoms with Crippen molar-refractivity contribution in [1.82, 2.24) is 20.2 Å². The molecule has 0 spiro atoms. The first-order valence-corrected chi connectivity index (χ1v) is 7.07. The third kappa shape index (κ3) is 2.80. The number of nitrogens with zero attached hydrogens (tertiary/aromatic N) is 3. The van der Waals surface area contributed by atoms with Crippen molar-refractivity contribution >= 4 is 28.7 Å². The van der Waals surface area contributed by atoms with Gasteiger partial charge in [-0.05, 0) is 25.1 Å². The van der Waals surface area contributed by atoms with Crippen molar-refractivity contribution in [2.45, 2.75) is 16.8 Å². The van der Waals surface area contributed by atoms with E-state index in [2.05, 4.69) is 25.5 Å². The lowest BCUT2D eigenvalue weighted by atomic mass is 10.3. The van der Waals surface area contributed by atoms with Crippen molar-refractivity contribution in [3.63, 3.8) is 0 Å². The summed E-state index contributed by atoms with van der Waals surface area (Å²) in [7, 11) is 0. The predicted molar refractivity (Wildman–Crippen MR) is 76.3 cm³/mol. The van der Waals surface area contributed by atoms with Crippen molar-refractivity contribution in [1.29, 1.82) is 0 Å². The van der Waals surface area contributed by atoms with Crippen LogP contribution in [0, 0.1) is 11.6 Å². The van der Waals surface area contributed by atoms with Crippen LogP contribution in [0.5, 0.6) is 0 Å². The summed E-state index contributed by atoms with van der Waals surface area (Å²) in [5, 5.41) is 10.8. The molecule has 0 amide bonds. The summed E-state index contributed by atoms with van der Waals surface area (Å²) in [6.07, 6.45) is 1.56. The molecule has 5 nitrogen and oxygen atoms in total. The number of halogens is 2. The summed E-state index contributed by atoms with van der Waals surface area (Å²) in [6, 6.07) is 3.31. The van der Waals surface area contributed by atoms with E-state index in [0.717, 1.165) is 30.0 Å². The number of benzene rings is 1. The topological polar surface area (TPSA) is 66.5 Å². The van der Waals surface area contributed by atoms with Gasteiger partial charge in [0.05, 0.1) is 16.5 Å². The minimum Gasteiger partial charge on any atom is -0.354 e. The van der Waals surface area contributed by atoms with E-state index in [1.165, 1.54) is 0 Å². The Morgan fingerprint density at radius 1 is 1.29 bits per heavy atom. The first-order chi connectivity index (χ1) is 10.2. The Morgan fingerprint density at radius 3 is 2.95 bits per heavy atom. The molecule has 0 saturated carbocycles. The third-order valence-corrected chi connectivity index (χ3v) is 3.75. The second kappa shape index (κ2) is 5.65. The van der Waals surface area contributed by atoms with Crippen molar-refractivity contribution in [2.24, 2.45) is 0 Å². The number of rotatable bonds is 4. The van der Waals surface area contributed by atoms with Crippen LogP contribution in [-0.4, -0.2) is 26.7 Å². The zero-order valence-electron chi connectivity index (χ0n) is 11.0. The lowest BCUT2D eigenvalue weighted by Crippen LogP contribution is -2.03. The molecular weight excluding hydrogens is 296 g/mol. The first-order valence-electron chi connectivity index (χ1n) is 6.25. The molecule has 0 fully saturated rings. The minimum atomic E-state index is -0.498. The van der Waals surface area contributed by atoms with Crippen LogP contribution in [0.15, 0.2) is 34.3 Å². The molecule has 0 unspecified atom stereocenters. The smallest absolute Gasteiger partial charge is 0.225 e. The molecule has 0 saturated heterocycles. The van der Waals surface area contributed by atoms with Gasteiger partial charge in [0.1, 0.15) is 16.7 Å². The minimum absolute atomic E-state index is 0.165. The van der Waals surface area contributed by atoms with Crippen LogP contribution < -0.4 is 5.32 Å². The molecule has 0 aliphatic heterocycles. The van der Waals surface area contributed by atoms with Gasteiger partial charge in [-0.25, -0.2) is 13.8 Å². The van der Waals surface area contributed by atoms with Crippen molar-refractivity contribution < 1.29 is 8.78 Å². The fourth-order valence-corrected chi connectivity index (χ4v) is 2.72. The molecule has 1 aromatic carbocycles. The summed E-state index contributed by atoms with van der Waals surface area (Å²) in [5.74, 6) is -0.585. The Kier molecular flexibility index (Phi) is 3.70. The lowest BCUT2D eigenvalue weighted by Gasteiger charge is -2.07. The van der Waals surface area contributed by atoms with Gasteiger partial charge < -0.3 is 5.32 Å². The molecule has 108 valence electrons. The SMILES string of the molecule is CCNc1nc(Sc2cc(F)ccc2F)c2cn[nH]c2n1. The summed E-state index contributed by atoms with van der Waals surface area (Å²) in [6.45, 7) is 2.57. The Morgan fingerprint density at radius 2 is 2.14 bits per heavy atom. The van der Waals surface area contributed by atoms with Gasteiger partial charge in [0.15, 0.2) is 5.65 Å². The molecule has 8 heteroatoms. The maximum Gasteiger partial charge on any atom is 0.225 e. The molecule has 0 bridgehead atoms. The number of fused-ring (bicyclic) bond motifs is 1. The normalized spacial score (nSPS) is 11.0.